The smallest absolute Gasteiger partial charge is 0.159 e. The number of pyridine rings is 1. The number of hydrogen-bond acceptors (Lipinski definition) is 2. The zero-order valence-corrected chi connectivity index (χ0v) is 7.48. The van der Waals surface area contributed by atoms with E-state index in [1.54, 1.807) is 6.20 Å². The van der Waals surface area contributed by atoms with Gasteiger partial charge >= 0.3 is 0 Å². The first kappa shape index (κ1) is 8.23. The third-order valence-electron chi connectivity index (χ3n) is 2.02. The van der Waals surface area contributed by atoms with E-state index in [2.05, 4.69) is 21.5 Å². The highest BCUT2D eigenvalue weighted by atomic mass is 15.1. The van der Waals surface area contributed by atoms with Crippen LogP contribution >= 0.6 is 0 Å². The molecule has 3 nitrogen and oxygen atoms in total. The van der Waals surface area contributed by atoms with Crippen LogP contribution in [0.4, 0.5) is 0 Å². The molecule has 0 N–H and O–H groups in total. The van der Waals surface area contributed by atoms with Crippen LogP contribution in [0.1, 0.15) is 12.8 Å². The number of aromatic nitrogens is 3. The zero-order valence-electron chi connectivity index (χ0n) is 7.48. The Bertz CT molecular complexity index is 392. The fourth-order valence-corrected chi connectivity index (χ4v) is 1.34. The third kappa shape index (κ3) is 1.54. The first-order valence-electron chi connectivity index (χ1n) is 4.47. The minimum absolute atomic E-state index is 0.951. The maximum Gasteiger partial charge on any atom is 0.159 e. The summed E-state index contributed by atoms with van der Waals surface area (Å²) in [6.45, 7) is 4.77. The van der Waals surface area contributed by atoms with Crippen molar-refractivity contribution in [1.29, 1.82) is 0 Å². The summed E-state index contributed by atoms with van der Waals surface area (Å²) in [4.78, 5) is 8.53. The van der Waals surface area contributed by atoms with Crippen molar-refractivity contribution >= 4 is 11.2 Å². The second-order valence-electron chi connectivity index (χ2n) is 2.99. The van der Waals surface area contributed by atoms with Crippen molar-refractivity contribution in [2.24, 2.45) is 0 Å². The third-order valence-corrected chi connectivity index (χ3v) is 2.02. The van der Waals surface area contributed by atoms with Crippen molar-refractivity contribution in [3.05, 3.63) is 31.6 Å². The van der Waals surface area contributed by atoms with E-state index >= 15 is 0 Å². The van der Waals surface area contributed by atoms with Crippen LogP contribution in [0.5, 0.6) is 0 Å². The molecule has 0 aliphatic heterocycles. The Morgan fingerprint density at radius 1 is 1.38 bits per heavy atom. The van der Waals surface area contributed by atoms with Crippen molar-refractivity contribution in [3.8, 4) is 0 Å². The van der Waals surface area contributed by atoms with E-state index in [-0.39, 0.29) is 0 Å². The number of imidazole rings is 1. The lowest BCUT2D eigenvalue weighted by molar-refractivity contribution is 0.660. The minimum Gasteiger partial charge on any atom is -0.315 e. The highest BCUT2D eigenvalue weighted by Gasteiger charge is 2.00. The molecule has 67 valence electrons. The number of fused-ring (bicyclic) bond motifs is 1. The Morgan fingerprint density at radius 2 is 2.31 bits per heavy atom. The molecule has 0 spiro atoms. The van der Waals surface area contributed by atoms with E-state index in [0.29, 0.717) is 0 Å². The molecule has 0 bridgehead atoms. The normalized spacial score (nSPS) is 10.8. The first-order valence-corrected chi connectivity index (χ1v) is 4.47. The molecule has 0 fully saturated rings. The molecule has 13 heavy (non-hydrogen) atoms. The van der Waals surface area contributed by atoms with Gasteiger partial charge in [0.2, 0.25) is 0 Å². The predicted octanol–water partition coefficient (Wildman–Crippen LogP) is 2.05. The quantitative estimate of drug-likeness (QED) is 0.713. The number of nitrogens with zero attached hydrogens (tertiary/aromatic N) is 3. The van der Waals surface area contributed by atoms with E-state index in [1.165, 1.54) is 0 Å². The Balaban J connectivity index is 2.35. The summed E-state index contributed by atoms with van der Waals surface area (Å²) in [7, 11) is 0. The van der Waals surface area contributed by atoms with Gasteiger partial charge in [0.25, 0.3) is 0 Å². The van der Waals surface area contributed by atoms with Crippen molar-refractivity contribution in [1.82, 2.24) is 14.5 Å². The molecule has 0 aromatic carbocycles. The van der Waals surface area contributed by atoms with Crippen LogP contribution in [0, 0.1) is 6.92 Å². The molecule has 2 rings (SSSR count). The van der Waals surface area contributed by atoms with Gasteiger partial charge in [0.05, 0.1) is 6.33 Å². The minimum atomic E-state index is 0.951. The summed E-state index contributed by atoms with van der Waals surface area (Å²) in [6, 6.07) is 3.88. The number of rotatable bonds is 3. The molecule has 0 saturated heterocycles. The molecule has 2 heterocycles. The van der Waals surface area contributed by atoms with Crippen molar-refractivity contribution in [2.75, 3.05) is 0 Å². The summed E-state index contributed by atoms with van der Waals surface area (Å²) in [5.41, 5.74) is 1.93. The molecular weight excluding hydrogens is 162 g/mol. The van der Waals surface area contributed by atoms with Gasteiger partial charge in [-0.3, -0.25) is 0 Å². The first-order chi connectivity index (χ1) is 6.42. The van der Waals surface area contributed by atoms with Gasteiger partial charge in [0.1, 0.15) is 5.52 Å². The molecule has 0 aliphatic carbocycles. The number of hydrogen-bond donors (Lipinski definition) is 0. The van der Waals surface area contributed by atoms with Crippen LogP contribution in [0.2, 0.25) is 0 Å². The summed E-state index contributed by atoms with van der Waals surface area (Å²) >= 11 is 0. The van der Waals surface area contributed by atoms with E-state index < -0.39 is 0 Å². The molecular formula is C10H12N3. The van der Waals surface area contributed by atoms with Crippen molar-refractivity contribution < 1.29 is 0 Å². The van der Waals surface area contributed by atoms with Crippen LogP contribution in [0.3, 0.4) is 0 Å². The second-order valence-corrected chi connectivity index (χ2v) is 2.99. The van der Waals surface area contributed by atoms with Crippen LogP contribution < -0.4 is 0 Å². The predicted molar refractivity (Wildman–Crippen MR) is 52.1 cm³/mol. The Morgan fingerprint density at radius 3 is 3.15 bits per heavy atom. The van der Waals surface area contributed by atoms with Crippen molar-refractivity contribution in [3.63, 3.8) is 0 Å². The molecule has 0 saturated carbocycles. The molecule has 0 atom stereocenters. The summed E-state index contributed by atoms with van der Waals surface area (Å²) < 4.78 is 2.07. The maximum atomic E-state index is 4.27. The lowest BCUT2D eigenvalue weighted by atomic mass is 10.3. The Hall–Kier alpha value is -1.38. The lowest BCUT2D eigenvalue weighted by Crippen LogP contribution is -1.96. The largest absolute Gasteiger partial charge is 0.315 e. The molecule has 3 heteroatoms. The Labute approximate surface area is 77.4 Å². The fraction of sp³-hybridized carbons (Fsp3) is 0.300. The van der Waals surface area contributed by atoms with Crippen molar-refractivity contribution in [2.45, 2.75) is 19.4 Å². The van der Waals surface area contributed by atoms with Gasteiger partial charge in [0, 0.05) is 12.7 Å². The average molecular weight is 174 g/mol. The van der Waals surface area contributed by atoms with E-state index in [4.69, 9.17) is 0 Å². The van der Waals surface area contributed by atoms with Crippen LogP contribution in [-0.4, -0.2) is 14.5 Å². The van der Waals surface area contributed by atoms with Gasteiger partial charge in [-0.2, -0.15) is 0 Å². The summed E-state index contributed by atoms with van der Waals surface area (Å²) in [5, 5.41) is 0. The fourth-order valence-electron chi connectivity index (χ4n) is 1.34. The van der Waals surface area contributed by atoms with Crippen LogP contribution in [0.15, 0.2) is 24.7 Å². The van der Waals surface area contributed by atoms with Gasteiger partial charge in [-0.1, -0.05) is 13.3 Å². The second kappa shape index (κ2) is 3.56. The molecule has 1 radical (unpaired) electrons. The maximum absolute atomic E-state index is 4.27. The van der Waals surface area contributed by atoms with Gasteiger partial charge in [-0.05, 0) is 18.6 Å². The number of unbranched alkanes of at least 4 members (excludes halogenated alkanes) is 1. The highest BCUT2D eigenvalue weighted by molar-refractivity contribution is 5.69. The highest BCUT2D eigenvalue weighted by Crippen LogP contribution is 2.09. The molecule has 2 aromatic heterocycles. The summed E-state index contributed by atoms with van der Waals surface area (Å²) in [5.74, 6) is 0. The van der Waals surface area contributed by atoms with E-state index in [0.717, 1.165) is 30.6 Å². The Kier molecular flexibility index (Phi) is 2.25. The number of aryl methyl sites for hydroxylation is 1. The summed E-state index contributed by atoms with van der Waals surface area (Å²) in [6.07, 6.45) is 5.66. The van der Waals surface area contributed by atoms with Gasteiger partial charge in [-0.25, -0.2) is 9.97 Å². The molecule has 0 unspecified atom stereocenters. The van der Waals surface area contributed by atoms with Gasteiger partial charge in [0.15, 0.2) is 5.65 Å². The standard InChI is InChI=1S/C10H12N3/c1-2-3-7-13-8-12-9-5-4-6-11-10(9)13/h4-6,8H,1-3,7H2. The zero-order chi connectivity index (χ0) is 9.10. The monoisotopic (exact) mass is 174 g/mol. The van der Waals surface area contributed by atoms with Crippen LogP contribution in [0.25, 0.3) is 11.2 Å². The van der Waals surface area contributed by atoms with E-state index in [1.807, 2.05) is 18.5 Å². The molecule has 0 amide bonds. The van der Waals surface area contributed by atoms with E-state index in [9.17, 15) is 0 Å². The topological polar surface area (TPSA) is 30.7 Å². The lowest BCUT2D eigenvalue weighted by Gasteiger charge is -2.00. The SMILES string of the molecule is [CH2]CCCn1cnc2cccnc21. The van der Waals surface area contributed by atoms with Gasteiger partial charge in [-0.15, -0.1) is 0 Å². The molecule has 0 aliphatic rings. The molecule has 2 aromatic rings. The average Bonchev–Trinajstić information content (AvgIpc) is 2.58. The van der Waals surface area contributed by atoms with Gasteiger partial charge < -0.3 is 4.57 Å². The van der Waals surface area contributed by atoms with Crippen LogP contribution in [-0.2, 0) is 6.54 Å².